The molecule has 0 unspecified atom stereocenters. The maximum absolute atomic E-state index is 13.2. The number of aryl methyl sites for hydroxylation is 1. The van der Waals surface area contributed by atoms with Crippen molar-refractivity contribution in [2.45, 2.75) is 25.7 Å². The van der Waals surface area contributed by atoms with Crippen LogP contribution in [-0.2, 0) is 21.2 Å². The minimum Gasteiger partial charge on any atom is -0.340 e. The fraction of sp³-hybridized carbons (Fsp3) is 0.464. The lowest BCUT2D eigenvalue weighted by Crippen LogP contribution is -2.53. The SMILES string of the molecule is O=C([C@@H]1CCCN(S(=O)(=O)CCCc2ccccc2)C1)N1CCN(C/C=C/c2ccccc2)CC1. The average molecular weight is 496 g/mol. The van der Waals surface area contributed by atoms with E-state index in [1.807, 2.05) is 53.4 Å². The van der Waals surface area contributed by atoms with E-state index in [1.165, 1.54) is 5.56 Å². The number of carbonyl (C=O) groups is 1. The molecule has 2 aliphatic rings. The molecular formula is C28H37N3O3S. The Morgan fingerprint density at radius 1 is 0.914 bits per heavy atom. The number of piperazine rings is 1. The molecule has 7 heteroatoms. The van der Waals surface area contributed by atoms with E-state index in [4.69, 9.17) is 0 Å². The summed E-state index contributed by atoms with van der Waals surface area (Å²) >= 11 is 0. The van der Waals surface area contributed by atoms with Gasteiger partial charge in [-0.1, -0.05) is 72.8 Å². The van der Waals surface area contributed by atoms with Gasteiger partial charge in [0.2, 0.25) is 15.9 Å². The predicted octanol–water partition coefficient (Wildman–Crippen LogP) is 3.52. The standard InChI is InChI=1S/C28H37N3O3S/c32-28(30-21-19-29(20-22-30)17-7-14-25-10-3-1-4-11-25)27-16-8-18-31(24-27)35(33,34)23-9-15-26-12-5-2-6-13-26/h1-7,10-14,27H,8-9,15-24H2/b14-7+/t27-/m1/s1. The van der Waals surface area contributed by atoms with Crippen LogP contribution >= 0.6 is 0 Å². The van der Waals surface area contributed by atoms with Gasteiger partial charge >= 0.3 is 0 Å². The number of amides is 1. The third kappa shape index (κ3) is 7.50. The summed E-state index contributed by atoms with van der Waals surface area (Å²) < 4.78 is 27.5. The Balaban J connectivity index is 1.22. The van der Waals surface area contributed by atoms with Gasteiger partial charge in [0.05, 0.1) is 11.7 Å². The van der Waals surface area contributed by atoms with Gasteiger partial charge in [0, 0.05) is 45.8 Å². The van der Waals surface area contributed by atoms with Gasteiger partial charge in [-0.25, -0.2) is 12.7 Å². The first-order valence-corrected chi connectivity index (χ1v) is 14.4. The summed E-state index contributed by atoms with van der Waals surface area (Å²) in [7, 11) is -3.35. The van der Waals surface area contributed by atoms with Gasteiger partial charge in [-0.15, -0.1) is 0 Å². The monoisotopic (exact) mass is 495 g/mol. The normalized spacial score (nSPS) is 20.3. The molecule has 4 rings (SSSR count). The molecule has 0 spiro atoms. The zero-order chi connectivity index (χ0) is 24.5. The van der Waals surface area contributed by atoms with E-state index >= 15 is 0 Å². The molecule has 2 fully saturated rings. The van der Waals surface area contributed by atoms with Gasteiger partial charge < -0.3 is 4.90 Å². The Morgan fingerprint density at radius 3 is 2.31 bits per heavy atom. The van der Waals surface area contributed by atoms with E-state index in [9.17, 15) is 13.2 Å². The average Bonchev–Trinajstić information content (AvgIpc) is 2.90. The molecular weight excluding hydrogens is 458 g/mol. The number of piperidine rings is 1. The highest BCUT2D eigenvalue weighted by Gasteiger charge is 2.34. The van der Waals surface area contributed by atoms with Crippen molar-refractivity contribution in [3.05, 3.63) is 77.9 Å². The van der Waals surface area contributed by atoms with Crippen molar-refractivity contribution in [3.8, 4) is 0 Å². The van der Waals surface area contributed by atoms with E-state index in [2.05, 4.69) is 29.2 Å². The molecule has 6 nitrogen and oxygen atoms in total. The van der Waals surface area contributed by atoms with Crippen LogP contribution in [0.3, 0.4) is 0 Å². The quantitative estimate of drug-likeness (QED) is 0.534. The molecule has 2 aliphatic heterocycles. The molecule has 2 aromatic carbocycles. The van der Waals surface area contributed by atoms with Crippen LogP contribution in [-0.4, -0.2) is 80.0 Å². The fourth-order valence-electron chi connectivity index (χ4n) is 4.94. The Morgan fingerprint density at radius 2 is 1.60 bits per heavy atom. The first-order chi connectivity index (χ1) is 17.0. The van der Waals surface area contributed by atoms with Crippen LogP contribution in [0, 0.1) is 5.92 Å². The van der Waals surface area contributed by atoms with Crippen molar-refractivity contribution in [1.29, 1.82) is 0 Å². The highest BCUT2D eigenvalue weighted by atomic mass is 32.2. The maximum Gasteiger partial charge on any atom is 0.227 e. The zero-order valence-electron chi connectivity index (χ0n) is 20.5. The molecule has 0 saturated carbocycles. The summed E-state index contributed by atoms with van der Waals surface area (Å²) in [6.45, 7) is 4.83. The summed E-state index contributed by atoms with van der Waals surface area (Å²) in [5.41, 5.74) is 2.35. The molecule has 0 bridgehead atoms. The van der Waals surface area contributed by atoms with Crippen LogP contribution in [0.1, 0.15) is 30.4 Å². The topological polar surface area (TPSA) is 60.9 Å². The molecule has 2 aromatic rings. The summed E-state index contributed by atoms with van der Waals surface area (Å²) in [6.07, 6.45) is 7.18. The molecule has 0 radical (unpaired) electrons. The smallest absolute Gasteiger partial charge is 0.227 e. The molecule has 188 valence electrons. The zero-order valence-corrected chi connectivity index (χ0v) is 21.3. The van der Waals surface area contributed by atoms with Crippen LogP contribution in [0.4, 0.5) is 0 Å². The summed E-state index contributed by atoms with van der Waals surface area (Å²) in [5.74, 6) is 0.0312. The molecule has 1 amide bonds. The summed E-state index contributed by atoms with van der Waals surface area (Å²) in [5, 5.41) is 0. The van der Waals surface area contributed by atoms with Gasteiger partial charge in [0.25, 0.3) is 0 Å². The Bertz CT molecular complexity index is 1070. The number of rotatable bonds is 9. The molecule has 2 saturated heterocycles. The highest BCUT2D eigenvalue weighted by molar-refractivity contribution is 7.89. The second kappa shape index (κ2) is 12.5. The van der Waals surface area contributed by atoms with Gasteiger partial charge in [-0.3, -0.25) is 9.69 Å². The van der Waals surface area contributed by atoms with Crippen molar-refractivity contribution in [1.82, 2.24) is 14.1 Å². The summed E-state index contributed by atoms with van der Waals surface area (Å²) in [4.78, 5) is 17.5. The first kappa shape index (κ1) is 25.6. The van der Waals surface area contributed by atoms with Crippen molar-refractivity contribution in [2.24, 2.45) is 5.92 Å². The Labute approximate surface area is 210 Å². The predicted molar refractivity (Wildman–Crippen MR) is 141 cm³/mol. The number of carbonyl (C=O) groups excluding carboxylic acids is 1. The van der Waals surface area contributed by atoms with Crippen LogP contribution in [0.5, 0.6) is 0 Å². The lowest BCUT2D eigenvalue weighted by atomic mass is 9.98. The second-order valence-corrected chi connectivity index (χ2v) is 11.6. The van der Waals surface area contributed by atoms with Crippen molar-refractivity contribution in [3.63, 3.8) is 0 Å². The molecule has 0 aromatic heterocycles. The van der Waals surface area contributed by atoms with E-state index in [0.29, 0.717) is 32.6 Å². The van der Waals surface area contributed by atoms with Gasteiger partial charge in [0.15, 0.2) is 0 Å². The lowest BCUT2D eigenvalue weighted by Gasteiger charge is -2.38. The third-order valence-electron chi connectivity index (χ3n) is 6.99. The fourth-order valence-corrected chi connectivity index (χ4v) is 6.52. The molecule has 35 heavy (non-hydrogen) atoms. The lowest BCUT2D eigenvalue weighted by molar-refractivity contribution is -0.138. The number of hydrogen-bond acceptors (Lipinski definition) is 4. The van der Waals surface area contributed by atoms with Crippen LogP contribution in [0.25, 0.3) is 6.08 Å². The van der Waals surface area contributed by atoms with Crippen LogP contribution < -0.4 is 0 Å². The summed E-state index contributed by atoms with van der Waals surface area (Å²) in [6, 6.07) is 20.2. The van der Waals surface area contributed by atoms with Gasteiger partial charge in [-0.05, 0) is 36.8 Å². The molecule has 2 heterocycles. The number of sulfonamides is 1. The van der Waals surface area contributed by atoms with Gasteiger partial charge in [0.1, 0.15) is 0 Å². The molecule has 1 atom stereocenters. The first-order valence-electron chi connectivity index (χ1n) is 12.8. The third-order valence-corrected chi connectivity index (χ3v) is 8.92. The highest BCUT2D eigenvalue weighted by Crippen LogP contribution is 2.23. The maximum atomic E-state index is 13.2. The van der Waals surface area contributed by atoms with Crippen molar-refractivity contribution < 1.29 is 13.2 Å². The minimum absolute atomic E-state index is 0.119. The Hall–Kier alpha value is -2.48. The van der Waals surface area contributed by atoms with E-state index < -0.39 is 10.0 Å². The number of nitrogens with zero attached hydrogens (tertiary/aromatic N) is 3. The molecule has 0 aliphatic carbocycles. The number of benzene rings is 2. The Kier molecular flexibility index (Phi) is 9.12. The van der Waals surface area contributed by atoms with Crippen molar-refractivity contribution >= 4 is 22.0 Å². The van der Waals surface area contributed by atoms with Crippen molar-refractivity contribution in [2.75, 3.05) is 51.6 Å². The van der Waals surface area contributed by atoms with E-state index in [1.54, 1.807) is 4.31 Å². The van der Waals surface area contributed by atoms with E-state index in [0.717, 1.165) is 44.5 Å². The second-order valence-electron chi connectivity index (χ2n) is 9.54. The number of hydrogen-bond donors (Lipinski definition) is 0. The molecule has 0 N–H and O–H groups in total. The minimum atomic E-state index is -3.35. The van der Waals surface area contributed by atoms with Gasteiger partial charge in [-0.2, -0.15) is 0 Å². The van der Waals surface area contributed by atoms with Crippen LogP contribution in [0.15, 0.2) is 66.7 Å². The van der Waals surface area contributed by atoms with E-state index in [-0.39, 0.29) is 17.6 Å². The van der Waals surface area contributed by atoms with Crippen LogP contribution in [0.2, 0.25) is 0 Å². The largest absolute Gasteiger partial charge is 0.340 e.